The van der Waals surface area contributed by atoms with Gasteiger partial charge >= 0.3 is 0 Å². The molecule has 7 heteroatoms. The Labute approximate surface area is 163 Å². The van der Waals surface area contributed by atoms with E-state index in [4.69, 9.17) is 9.51 Å². The van der Waals surface area contributed by atoms with Crippen LogP contribution in [0.4, 0.5) is 0 Å². The Morgan fingerprint density at radius 1 is 1.07 bits per heavy atom. The summed E-state index contributed by atoms with van der Waals surface area (Å²) in [7, 11) is 0. The maximum Gasteiger partial charge on any atom is 0.262 e. The van der Waals surface area contributed by atoms with Gasteiger partial charge in [-0.15, -0.1) is 0 Å². The number of hydrogen-bond donors (Lipinski definition) is 0. The van der Waals surface area contributed by atoms with E-state index in [1.54, 1.807) is 4.57 Å². The molecule has 0 spiro atoms. The molecular formula is C20H26N4O2S. The number of thioether (sulfide) groups is 1. The van der Waals surface area contributed by atoms with Gasteiger partial charge in [0.05, 0.1) is 16.7 Å². The molecule has 2 heterocycles. The molecule has 0 bridgehead atoms. The van der Waals surface area contributed by atoms with Gasteiger partial charge in [-0.3, -0.25) is 9.36 Å². The first-order valence-electron chi connectivity index (χ1n) is 9.66. The average molecular weight is 387 g/mol. The molecule has 0 saturated carbocycles. The maximum atomic E-state index is 13.0. The average Bonchev–Trinajstić information content (AvgIpc) is 3.13. The first-order chi connectivity index (χ1) is 13.2. The number of fused-ring (bicyclic) bond motifs is 1. The quantitative estimate of drug-likeness (QED) is 0.288. The van der Waals surface area contributed by atoms with Crippen molar-refractivity contribution in [3.05, 3.63) is 46.3 Å². The van der Waals surface area contributed by atoms with E-state index < -0.39 is 0 Å². The molecule has 0 unspecified atom stereocenters. The molecule has 0 N–H and O–H groups in total. The molecule has 3 rings (SSSR count). The van der Waals surface area contributed by atoms with E-state index in [2.05, 4.69) is 24.0 Å². The van der Waals surface area contributed by atoms with Crippen molar-refractivity contribution < 1.29 is 4.52 Å². The second-order valence-corrected chi connectivity index (χ2v) is 7.51. The number of aryl methyl sites for hydroxylation is 1. The summed E-state index contributed by atoms with van der Waals surface area (Å²) in [6.07, 6.45) is 6.23. The topological polar surface area (TPSA) is 73.8 Å². The molecule has 27 heavy (non-hydrogen) atoms. The highest BCUT2D eigenvalue weighted by Gasteiger charge is 2.13. The van der Waals surface area contributed by atoms with Gasteiger partial charge < -0.3 is 4.52 Å². The Hall–Kier alpha value is -2.15. The Morgan fingerprint density at radius 2 is 1.93 bits per heavy atom. The van der Waals surface area contributed by atoms with Crippen molar-refractivity contribution in [1.29, 1.82) is 0 Å². The number of hydrogen-bond acceptors (Lipinski definition) is 6. The smallest absolute Gasteiger partial charge is 0.262 e. The molecule has 0 saturated heterocycles. The number of para-hydroxylation sites is 1. The third-order valence-corrected chi connectivity index (χ3v) is 5.33. The normalized spacial score (nSPS) is 11.3. The fourth-order valence-electron chi connectivity index (χ4n) is 2.95. The number of unbranched alkanes of at least 4 members (excludes halogenated alkanes) is 3. The molecule has 6 nitrogen and oxygen atoms in total. The van der Waals surface area contributed by atoms with Crippen molar-refractivity contribution in [2.45, 2.75) is 69.8 Å². The lowest BCUT2D eigenvalue weighted by molar-refractivity contribution is 0.384. The zero-order valence-corrected chi connectivity index (χ0v) is 16.8. The Morgan fingerprint density at radius 3 is 2.74 bits per heavy atom. The van der Waals surface area contributed by atoms with E-state index in [-0.39, 0.29) is 5.56 Å². The summed E-state index contributed by atoms with van der Waals surface area (Å²) < 4.78 is 7.11. The molecule has 2 aromatic heterocycles. The standard InChI is InChI=1S/C20H26N4O2S/c1-3-5-6-9-13-24-19(25)15-11-7-8-12-16(15)21-20(24)27-14-18-22-17(10-4-2)23-26-18/h7-8,11-12H,3-6,9-10,13-14H2,1-2H3. The zero-order valence-electron chi connectivity index (χ0n) is 16.0. The minimum atomic E-state index is 0.0248. The summed E-state index contributed by atoms with van der Waals surface area (Å²) >= 11 is 1.48. The summed E-state index contributed by atoms with van der Waals surface area (Å²) in [5.41, 5.74) is 0.754. The van der Waals surface area contributed by atoms with Gasteiger partial charge in [0.2, 0.25) is 5.89 Å². The van der Waals surface area contributed by atoms with Gasteiger partial charge in [-0.25, -0.2) is 4.98 Å². The van der Waals surface area contributed by atoms with E-state index in [1.165, 1.54) is 24.6 Å². The van der Waals surface area contributed by atoms with E-state index in [9.17, 15) is 4.79 Å². The first-order valence-corrected chi connectivity index (χ1v) is 10.6. The van der Waals surface area contributed by atoms with Crippen molar-refractivity contribution in [3.8, 4) is 0 Å². The van der Waals surface area contributed by atoms with Crippen LogP contribution in [0.2, 0.25) is 0 Å². The molecule has 3 aromatic rings. The summed E-state index contributed by atoms with van der Waals surface area (Å²) in [6, 6.07) is 7.52. The van der Waals surface area contributed by atoms with Gasteiger partial charge in [0.1, 0.15) is 0 Å². The zero-order chi connectivity index (χ0) is 19.1. The minimum absolute atomic E-state index is 0.0248. The lowest BCUT2D eigenvalue weighted by atomic mass is 10.2. The molecule has 0 aliphatic heterocycles. The van der Waals surface area contributed by atoms with E-state index in [1.807, 2.05) is 24.3 Å². The molecule has 0 atom stereocenters. The van der Waals surface area contributed by atoms with Crippen molar-refractivity contribution >= 4 is 22.7 Å². The molecular weight excluding hydrogens is 360 g/mol. The largest absolute Gasteiger partial charge is 0.338 e. The van der Waals surface area contributed by atoms with Crippen LogP contribution in [0.25, 0.3) is 10.9 Å². The first kappa shape index (κ1) is 19.6. The Kier molecular flexibility index (Phi) is 7.04. The van der Waals surface area contributed by atoms with Gasteiger partial charge in [0.15, 0.2) is 11.0 Å². The molecule has 0 aliphatic carbocycles. The predicted octanol–water partition coefficient (Wildman–Crippen LogP) is 4.60. The second-order valence-electron chi connectivity index (χ2n) is 6.57. The molecule has 0 amide bonds. The Balaban J connectivity index is 1.83. The highest BCUT2D eigenvalue weighted by molar-refractivity contribution is 7.98. The number of rotatable bonds is 10. The lowest BCUT2D eigenvalue weighted by Gasteiger charge is -2.12. The number of benzene rings is 1. The molecule has 1 aromatic carbocycles. The Bertz CT molecular complexity index is 935. The van der Waals surface area contributed by atoms with E-state index >= 15 is 0 Å². The monoisotopic (exact) mass is 386 g/mol. The lowest BCUT2D eigenvalue weighted by Crippen LogP contribution is -2.23. The van der Waals surface area contributed by atoms with Crippen LogP contribution in [0.1, 0.15) is 57.7 Å². The molecule has 0 radical (unpaired) electrons. The van der Waals surface area contributed by atoms with Crippen LogP contribution in [0, 0.1) is 0 Å². The van der Waals surface area contributed by atoms with Crippen LogP contribution in [-0.4, -0.2) is 19.7 Å². The van der Waals surface area contributed by atoms with Gasteiger partial charge in [-0.05, 0) is 25.0 Å². The van der Waals surface area contributed by atoms with Gasteiger partial charge in [0, 0.05) is 13.0 Å². The third-order valence-electron chi connectivity index (χ3n) is 4.37. The van der Waals surface area contributed by atoms with Gasteiger partial charge in [0.25, 0.3) is 5.56 Å². The summed E-state index contributed by atoms with van der Waals surface area (Å²) in [4.78, 5) is 22.1. The molecule has 0 fully saturated rings. The highest BCUT2D eigenvalue weighted by atomic mass is 32.2. The molecule has 144 valence electrons. The summed E-state index contributed by atoms with van der Waals surface area (Å²) in [5.74, 6) is 1.82. The van der Waals surface area contributed by atoms with Crippen molar-refractivity contribution in [1.82, 2.24) is 19.7 Å². The van der Waals surface area contributed by atoms with Crippen LogP contribution >= 0.6 is 11.8 Å². The fourth-order valence-corrected chi connectivity index (χ4v) is 3.81. The van der Waals surface area contributed by atoms with Crippen molar-refractivity contribution in [3.63, 3.8) is 0 Å². The SMILES string of the molecule is CCCCCCn1c(SCc2nc(CCC)no2)nc2ccccc2c1=O. The van der Waals surface area contributed by atoms with E-state index in [0.717, 1.165) is 37.0 Å². The number of aromatic nitrogens is 4. The van der Waals surface area contributed by atoms with Crippen LogP contribution in [0.5, 0.6) is 0 Å². The van der Waals surface area contributed by atoms with Crippen LogP contribution < -0.4 is 5.56 Å². The summed E-state index contributed by atoms with van der Waals surface area (Å²) in [6.45, 7) is 4.95. The van der Waals surface area contributed by atoms with Crippen LogP contribution in [0.3, 0.4) is 0 Å². The fraction of sp³-hybridized carbons (Fsp3) is 0.500. The van der Waals surface area contributed by atoms with Gasteiger partial charge in [-0.2, -0.15) is 4.98 Å². The highest BCUT2D eigenvalue weighted by Crippen LogP contribution is 2.22. The number of nitrogens with zero attached hydrogens (tertiary/aromatic N) is 4. The minimum Gasteiger partial charge on any atom is -0.338 e. The van der Waals surface area contributed by atoms with E-state index in [0.29, 0.717) is 28.7 Å². The van der Waals surface area contributed by atoms with Crippen LogP contribution in [-0.2, 0) is 18.7 Å². The maximum absolute atomic E-state index is 13.0. The predicted molar refractivity (Wildman–Crippen MR) is 108 cm³/mol. The summed E-state index contributed by atoms with van der Waals surface area (Å²) in [5, 5.41) is 5.37. The van der Waals surface area contributed by atoms with Crippen molar-refractivity contribution in [2.24, 2.45) is 0 Å². The third kappa shape index (κ3) is 4.97. The molecule has 0 aliphatic rings. The van der Waals surface area contributed by atoms with Gasteiger partial charge in [-0.1, -0.05) is 62.2 Å². The second kappa shape index (κ2) is 9.69. The van der Waals surface area contributed by atoms with Crippen molar-refractivity contribution in [2.75, 3.05) is 0 Å². The van der Waals surface area contributed by atoms with Crippen LogP contribution in [0.15, 0.2) is 38.7 Å².